The number of hydrogen-bond acceptors (Lipinski definition) is 2. The summed E-state index contributed by atoms with van der Waals surface area (Å²) in [4.78, 5) is 4.31. The first-order chi connectivity index (χ1) is 9.16. The molecule has 0 amide bonds. The zero-order valence-corrected chi connectivity index (χ0v) is 13.3. The highest BCUT2D eigenvalue weighted by molar-refractivity contribution is 9.11. The maximum Gasteiger partial charge on any atom is 0.126 e. The van der Waals surface area contributed by atoms with Gasteiger partial charge in [0.1, 0.15) is 5.82 Å². The fourth-order valence-corrected chi connectivity index (χ4v) is 2.83. The Morgan fingerprint density at radius 3 is 2.74 bits per heavy atom. The van der Waals surface area contributed by atoms with E-state index in [1.807, 2.05) is 18.2 Å². The van der Waals surface area contributed by atoms with Crippen LogP contribution in [0.4, 0.5) is 4.39 Å². The van der Waals surface area contributed by atoms with Gasteiger partial charge in [0.2, 0.25) is 0 Å². The molecule has 0 bridgehead atoms. The van der Waals surface area contributed by atoms with Crippen molar-refractivity contribution >= 4 is 31.9 Å². The Morgan fingerprint density at radius 1 is 1.21 bits per heavy atom. The molecule has 0 aliphatic heterocycles. The third-order valence-electron chi connectivity index (χ3n) is 2.71. The zero-order valence-electron chi connectivity index (χ0n) is 10.2. The molecule has 1 heterocycles. The molecule has 1 N–H and O–H groups in total. The molecule has 0 fully saturated rings. The van der Waals surface area contributed by atoms with E-state index in [0.717, 1.165) is 20.2 Å². The van der Waals surface area contributed by atoms with Gasteiger partial charge in [-0.1, -0.05) is 18.2 Å². The van der Waals surface area contributed by atoms with E-state index < -0.39 is 0 Å². The standard InChI is InChI=1S/C14H13Br2FN2/c15-11-7-12(16)14(19-8-11)9-18-6-5-10-3-1-2-4-13(10)17/h1-4,7-8,18H,5-6,9H2. The van der Waals surface area contributed by atoms with E-state index >= 15 is 0 Å². The summed E-state index contributed by atoms with van der Waals surface area (Å²) in [5.41, 5.74) is 1.68. The Kier molecular flexibility index (Phi) is 5.48. The van der Waals surface area contributed by atoms with Crippen LogP contribution in [0, 0.1) is 5.82 Å². The molecule has 5 heteroatoms. The number of nitrogens with one attached hydrogen (secondary N) is 1. The Bertz CT molecular complexity index is 561. The van der Waals surface area contributed by atoms with Gasteiger partial charge in [0.05, 0.1) is 5.69 Å². The summed E-state index contributed by atoms with van der Waals surface area (Å²) in [6, 6.07) is 8.81. The third-order valence-corrected chi connectivity index (χ3v) is 3.83. The van der Waals surface area contributed by atoms with Crippen LogP contribution in [0.5, 0.6) is 0 Å². The summed E-state index contributed by atoms with van der Waals surface area (Å²) in [7, 11) is 0. The number of pyridine rings is 1. The summed E-state index contributed by atoms with van der Waals surface area (Å²) in [6.45, 7) is 1.37. The predicted molar refractivity (Wildman–Crippen MR) is 81.4 cm³/mol. The maximum atomic E-state index is 13.4. The lowest BCUT2D eigenvalue weighted by Crippen LogP contribution is -2.18. The molecule has 0 spiro atoms. The van der Waals surface area contributed by atoms with Gasteiger partial charge in [-0.3, -0.25) is 4.98 Å². The van der Waals surface area contributed by atoms with Crippen LogP contribution in [0.25, 0.3) is 0 Å². The molecule has 0 aliphatic carbocycles. The van der Waals surface area contributed by atoms with Gasteiger partial charge < -0.3 is 5.32 Å². The van der Waals surface area contributed by atoms with Gasteiger partial charge >= 0.3 is 0 Å². The van der Waals surface area contributed by atoms with Crippen molar-refractivity contribution in [1.82, 2.24) is 10.3 Å². The minimum atomic E-state index is -0.146. The molecule has 19 heavy (non-hydrogen) atoms. The largest absolute Gasteiger partial charge is 0.311 e. The second-order valence-electron chi connectivity index (χ2n) is 4.10. The van der Waals surface area contributed by atoms with Crippen molar-refractivity contribution in [2.45, 2.75) is 13.0 Å². The molecule has 2 aromatic rings. The second-order valence-corrected chi connectivity index (χ2v) is 5.87. The molecule has 0 unspecified atom stereocenters. The van der Waals surface area contributed by atoms with Gasteiger partial charge in [-0.05, 0) is 62.5 Å². The smallest absolute Gasteiger partial charge is 0.126 e. The van der Waals surface area contributed by atoms with Crippen molar-refractivity contribution in [3.63, 3.8) is 0 Å². The number of nitrogens with zero attached hydrogens (tertiary/aromatic N) is 1. The van der Waals surface area contributed by atoms with E-state index in [1.165, 1.54) is 6.07 Å². The molecule has 2 nitrogen and oxygen atoms in total. The summed E-state index contributed by atoms with van der Waals surface area (Å²) < 4.78 is 15.3. The maximum absolute atomic E-state index is 13.4. The van der Waals surface area contributed by atoms with E-state index in [1.54, 1.807) is 12.3 Å². The van der Waals surface area contributed by atoms with Crippen molar-refractivity contribution in [2.75, 3.05) is 6.54 Å². The van der Waals surface area contributed by atoms with Crippen molar-refractivity contribution in [2.24, 2.45) is 0 Å². The normalized spacial score (nSPS) is 10.7. The van der Waals surface area contributed by atoms with Gasteiger partial charge in [-0.15, -0.1) is 0 Å². The Labute approximate surface area is 128 Å². The van der Waals surface area contributed by atoms with Crippen LogP contribution < -0.4 is 5.32 Å². The fraction of sp³-hybridized carbons (Fsp3) is 0.214. The zero-order chi connectivity index (χ0) is 13.7. The van der Waals surface area contributed by atoms with Crippen molar-refractivity contribution in [1.29, 1.82) is 0 Å². The van der Waals surface area contributed by atoms with E-state index in [-0.39, 0.29) is 5.82 Å². The predicted octanol–water partition coefficient (Wildman–Crippen LogP) is 4.08. The third kappa shape index (κ3) is 4.37. The molecule has 0 saturated heterocycles. The minimum absolute atomic E-state index is 0.146. The SMILES string of the molecule is Fc1ccccc1CCNCc1ncc(Br)cc1Br. The number of rotatable bonds is 5. The van der Waals surface area contributed by atoms with Crippen LogP contribution in [0.2, 0.25) is 0 Å². The monoisotopic (exact) mass is 386 g/mol. The summed E-state index contributed by atoms with van der Waals surface area (Å²) in [5, 5.41) is 3.26. The van der Waals surface area contributed by atoms with Crippen LogP contribution in [0.3, 0.4) is 0 Å². The molecule has 2 rings (SSSR count). The lowest BCUT2D eigenvalue weighted by Gasteiger charge is -2.07. The van der Waals surface area contributed by atoms with Gasteiger partial charge in [-0.2, -0.15) is 0 Å². The van der Waals surface area contributed by atoms with E-state index in [0.29, 0.717) is 19.5 Å². The van der Waals surface area contributed by atoms with Crippen LogP contribution >= 0.6 is 31.9 Å². The molecule has 1 aromatic heterocycles. The Balaban J connectivity index is 1.83. The summed E-state index contributed by atoms with van der Waals surface area (Å²) in [6.07, 6.45) is 2.43. The molecule has 1 aromatic carbocycles. The van der Waals surface area contributed by atoms with Crippen LogP contribution in [-0.4, -0.2) is 11.5 Å². The molecular weight excluding hydrogens is 375 g/mol. The lowest BCUT2D eigenvalue weighted by molar-refractivity contribution is 0.596. The van der Waals surface area contributed by atoms with Gasteiger partial charge in [0, 0.05) is 21.7 Å². The van der Waals surface area contributed by atoms with Crippen LogP contribution in [0.1, 0.15) is 11.3 Å². The molecular formula is C14H13Br2FN2. The Morgan fingerprint density at radius 2 is 2.00 bits per heavy atom. The number of benzene rings is 1. The van der Waals surface area contributed by atoms with Crippen LogP contribution in [-0.2, 0) is 13.0 Å². The quantitative estimate of drug-likeness (QED) is 0.782. The summed E-state index contributed by atoms with van der Waals surface area (Å²) >= 11 is 6.83. The lowest BCUT2D eigenvalue weighted by atomic mass is 10.1. The van der Waals surface area contributed by atoms with Gasteiger partial charge in [-0.25, -0.2) is 4.39 Å². The molecule has 0 atom stereocenters. The summed E-state index contributed by atoms with van der Waals surface area (Å²) in [5.74, 6) is -0.146. The topological polar surface area (TPSA) is 24.9 Å². The first-order valence-corrected chi connectivity index (χ1v) is 7.49. The first kappa shape index (κ1) is 14.6. The number of halogens is 3. The minimum Gasteiger partial charge on any atom is -0.311 e. The average Bonchev–Trinajstić information content (AvgIpc) is 2.38. The highest BCUT2D eigenvalue weighted by Crippen LogP contribution is 2.19. The Hall–Kier alpha value is -0.780. The van der Waals surface area contributed by atoms with Gasteiger partial charge in [0.25, 0.3) is 0 Å². The molecule has 0 radical (unpaired) electrons. The highest BCUT2D eigenvalue weighted by Gasteiger charge is 2.03. The number of aromatic nitrogens is 1. The average molecular weight is 388 g/mol. The van der Waals surface area contributed by atoms with Crippen LogP contribution in [0.15, 0.2) is 45.5 Å². The van der Waals surface area contributed by atoms with Crippen molar-refractivity contribution in [3.8, 4) is 0 Å². The van der Waals surface area contributed by atoms with E-state index in [9.17, 15) is 4.39 Å². The molecule has 100 valence electrons. The van der Waals surface area contributed by atoms with Gasteiger partial charge in [0.15, 0.2) is 0 Å². The molecule has 0 aliphatic rings. The van der Waals surface area contributed by atoms with E-state index in [2.05, 4.69) is 42.2 Å². The van der Waals surface area contributed by atoms with E-state index in [4.69, 9.17) is 0 Å². The highest BCUT2D eigenvalue weighted by atomic mass is 79.9. The van der Waals surface area contributed by atoms with Crippen molar-refractivity contribution < 1.29 is 4.39 Å². The van der Waals surface area contributed by atoms with Crippen molar-refractivity contribution in [3.05, 3.63) is 62.5 Å². The first-order valence-electron chi connectivity index (χ1n) is 5.91. The fourth-order valence-electron chi connectivity index (χ4n) is 1.70. The second kappa shape index (κ2) is 7.12. The number of hydrogen-bond donors (Lipinski definition) is 1. The molecule has 0 saturated carbocycles.